The highest BCUT2D eigenvalue weighted by Gasteiger charge is 2.58. The Hall–Kier alpha value is -1.51. The number of morpholine rings is 1. The first-order valence-corrected chi connectivity index (χ1v) is 12.0. The third kappa shape index (κ3) is 4.02. The zero-order chi connectivity index (χ0) is 21.8. The van der Waals surface area contributed by atoms with Gasteiger partial charge in [0.15, 0.2) is 0 Å². The van der Waals surface area contributed by atoms with Crippen LogP contribution in [0.5, 0.6) is 0 Å². The summed E-state index contributed by atoms with van der Waals surface area (Å²) in [6.45, 7) is 2.00. The molecule has 4 aliphatic carbocycles. The van der Waals surface area contributed by atoms with E-state index in [0.29, 0.717) is 54.0 Å². The van der Waals surface area contributed by atoms with Crippen LogP contribution in [-0.4, -0.2) is 48.6 Å². The van der Waals surface area contributed by atoms with Crippen molar-refractivity contribution in [3.63, 3.8) is 0 Å². The number of nitrogens with zero attached hydrogens (tertiary/aromatic N) is 1. The molecule has 4 bridgehead atoms. The Kier molecular flexibility index (Phi) is 5.59. The van der Waals surface area contributed by atoms with Crippen LogP contribution < -0.4 is 11.1 Å². The number of ether oxygens (including phenoxy) is 1. The van der Waals surface area contributed by atoms with E-state index in [0.717, 1.165) is 32.1 Å². The summed E-state index contributed by atoms with van der Waals surface area (Å²) in [4.78, 5) is 27.3. The van der Waals surface area contributed by atoms with Crippen molar-refractivity contribution >= 4 is 27.7 Å². The van der Waals surface area contributed by atoms with Crippen LogP contribution in [0.15, 0.2) is 22.7 Å². The number of benzene rings is 1. The quantitative estimate of drug-likeness (QED) is 0.659. The van der Waals surface area contributed by atoms with Crippen molar-refractivity contribution in [2.24, 2.45) is 28.9 Å². The molecule has 168 valence electrons. The first-order chi connectivity index (χ1) is 14.8. The Balaban J connectivity index is 1.21. The summed E-state index contributed by atoms with van der Waals surface area (Å²) in [5, 5.41) is 3.27. The lowest BCUT2D eigenvalue weighted by Gasteiger charge is -2.59. The molecule has 1 saturated heterocycles. The minimum absolute atomic E-state index is 0.0911. The highest BCUT2D eigenvalue weighted by molar-refractivity contribution is 9.10. The Morgan fingerprint density at radius 3 is 2.68 bits per heavy atom. The van der Waals surface area contributed by atoms with Crippen molar-refractivity contribution < 1.29 is 18.7 Å². The van der Waals surface area contributed by atoms with Gasteiger partial charge in [0, 0.05) is 41.1 Å². The molecule has 0 spiro atoms. The summed E-state index contributed by atoms with van der Waals surface area (Å²) < 4.78 is 20.7. The number of primary amides is 1. The van der Waals surface area contributed by atoms with Gasteiger partial charge < -0.3 is 15.8 Å². The molecule has 1 heterocycles. The van der Waals surface area contributed by atoms with E-state index < -0.39 is 6.10 Å². The van der Waals surface area contributed by atoms with E-state index in [2.05, 4.69) is 26.1 Å². The molecule has 6 nitrogen and oxygen atoms in total. The SMILES string of the molecule is NC(=O)C12CC3CC(C1)C(NC(=O)[C@H]1CN(Cc4ccc(Br)cc4F)CCO1)C(C3)C2. The molecule has 2 unspecified atom stereocenters. The molecule has 0 radical (unpaired) electrons. The minimum Gasteiger partial charge on any atom is -0.369 e. The van der Waals surface area contributed by atoms with Gasteiger partial charge in [0.1, 0.15) is 11.9 Å². The normalized spacial score (nSPS) is 37.0. The number of nitrogens with one attached hydrogen (secondary N) is 1. The first-order valence-electron chi connectivity index (χ1n) is 11.2. The topological polar surface area (TPSA) is 84.7 Å². The monoisotopic (exact) mass is 493 g/mol. The fourth-order valence-corrected chi connectivity index (χ4v) is 7.05. The Bertz CT molecular complexity index is 881. The van der Waals surface area contributed by atoms with Gasteiger partial charge in [-0.1, -0.05) is 22.0 Å². The third-order valence-electron chi connectivity index (χ3n) is 7.96. The average Bonchev–Trinajstić information content (AvgIpc) is 2.72. The van der Waals surface area contributed by atoms with Crippen LogP contribution in [0.4, 0.5) is 4.39 Å². The van der Waals surface area contributed by atoms with Crippen molar-refractivity contribution in [3.05, 3.63) is 34.1 Å². The smallest absolute Gasteiger partial charge is 0.250 e. The summed E-state index contributed by atoms with van der Waals surface area (Å²) >= 11 is 3.28. The van der Waals surface area contributed by atoms with Gasteiger partial charge in [-0.25, -0.2) is 4.39 Å². The number of carbonyl (C=O) groups is 2. The predicted molar refractivity (Wildman–Crippen MR) is 116 cm³/mol. The molecule has 0 aromatic heterocycles. The molecule has 8 heteroatoms. The Morgan fingerprint density at radius 2 is 2.00 bits per heavy atom. The van der Waals surface area contributed by atoms with Gasteiger partial charge in [-0.3, -0.25) is 14.5 Å². The number of hydrogen-bond donors (Lipinski definition) is 2. The van der Waals surface area contributed by atoms with Crippen LogP contribution >= 0.6 is 15.9 Å². The second-order valence-electron chi connectivity index (χ2n) is 9.98. The summed E-state index contributed by atoms with van der Waals surface area (Å²) in [6.07, 6.45) is 4.08. The number of hydrogen-bond acceptors (Lipinski definition) is 4. The van der Waals surface area contributed by atoms with Crippen molar-refractivity contribution in [2.75, 3.05) is 19.7 Å². The molecule has 1 aromatic rings. The van der Waals surface area contributed by atoms with Crippen LogP contribution in [0.3, 0.4) is 0 Å². The second-order valence-corrected chi connectivity index (χ2v) is 10.9. The summed E-state index contributed by atoms with van der Waals surface area (Å²) in [5.41, 5.74) is 6.03. The molecule has 3 N–H and O–H groups in total. The van der Waals surface area contributed by atoms with Crippen LogP contribution in [-0.2, 0) is 20.9 Å². The number of amides is 2. The van der Waals surface area contributed by atoms with Gasteiger partial charge in [-0.2, -0.15) is 0 Å². The number of halogens is 2. The summed E-state index contributed by atoms with van der Waals surface area (Å²) in [7, 11) is 0. The summed E-state index contributed by atoms with van der Waals surface area (Å²) in [6, 6.07) is 5.16. The van der Waals surface area contributed by atoms with Gasteiger partial charge in [0.2, 0.25) is 5.91 Å². The maximum absolute atomic E-state index is 14.2. The van der Waals surface area contributed by atoms with Crippen molar-refractivity contribution in [2.45, 2.75) is 50.8 Å². The van der Waals surface area contributed by atoms with E-state index in [1.54, 1.807) is 6.07 Å². The number of carbonyl (C=O) groups excluding carboxylic acids is 2. The van der Waals surface area contributed by atoms with Crippen LogP contribution in [0.25, 0.3) is 0 Å². The van der Waals surface area contributed by atoms with Gasteiger partial charge in [0.25, 0.3) is 5.91 Å². The highest BCUT2D eigenvalue weighted by atomic mass is 79.9. The zero-order valence-corrected chi connectivity index (χ0v) is 19.1. The Labute approximate surface area is 190 Å². The molecule has 2 amide bonds. The molecule has 1 aliphatic heterocycles. The molecule has 3 atom stereocenters. The zero-order valence-electron chi connectivity index (χ0n) is 17.5. The minimum atomic E-state index is -0.561. The van der Waals surface area contributed by atoms with Crippen molar-refractivity contribution in [3.8, 4) is 0 Å². The molecule has 5 fully saturated rings. The van der Waals surface area contributed by atoms with Crippen LogP contribution in [0, 0.1) is 29.0 Å². The molecular weight excluding hydrogens is 465 g/mol. The number of rotatable bonds is 5. The van der Waals surface area contributed by atoms with E-state index in [-0.39, 0.29) is 29.1 Å². The maximum atomic E-state index is 14.2. The van der Waals surface area contributed by atoms with Gasteiger partial charge in [0.05, 0.1) is 6.61 Å². The van der Waals surface area contributed by atoms with E-state index in [4.69, 9.17) is 10.5 Å². The molecule has 31 heavy (non-hydrogen) atoms. The molecule has 1 aromatic carbocycles. The van der Waals surface area contributed by atoms with E-state index in [1.165, 1.54) is 6.07 Å². The summed E-state index contributed by atoms with van der Waals surface area (Å²) in [5.74, 6) is 0.687. The molecule has 6 rings (SSSR count). The van der Waals surface area contributed by atoms with Crippen LogP contribution in [0.1, 0.15) is 37.7 Å². The number of nitrogens with two attached hydrogens (primary N) is 1. The predicted octanol–water partition coefficient (Wildman–Crippen LogP) is 2.59. The fourth-order valence-electron chi connectivity index (χ4n) is 6.71. The van der Waals surface area contributed by atoms with Crippen LogP contribution in [0.2, 0.25) is 0 Å². The molecular formula is C23H29BrFN3O3. The second kappa shape index (κ2) is 8.12. The van der Waals surface area contributed by atoms with Gasteiger partial charge >= 0.3 is 0 Å². The van der Waals surface area contributed by atoms with E-state index in [1.807, 2.05) is 6.07 Å². The first kappa shape index (κ1) is 21.3. The molecule has 5 aliphatic rings. The van der Waals surface area contributed by atoms with Gasteiger partial charge in [-0.05, 0) is 62.0 Å². The standard InChI is InChI=1S/C23H29BrFN3O3/c24-17-2-1-14(18(25)7-17)11-28-3-4-31-19(12-28)21(29)27-20-15-5-13-6-16(20)10-23(8-13,9-15)22(26)30/h1-2,7,13,15-16,19-20H,3-6,8-12H2,(H2,26,30)(H,27,29)/t13?,15?,16?,19-,20?,23?/m1/s1. The van der Waals surface area contributed by atoms with Gasteiger partial charge in [-0.15, -0.1) is 0 Å². The fraction of sp³-hybridized carbons (Fsp3) is 0.652. The average molecular weight is 494 g/mol. The largest absolute Gasteiger partial charge is 0.369 e. The van der Waals surface area contributed by atoms with E-state index >= 15 is 0 Å². The third-order valence-corrected chi connectivity index (χ3v) is 8.45. The lowest BCUT2D eigenvalue weighted by Crippen LogP contribution is -2.63. The van der Waals surface area contributed by atoms with Crippen molar-refractivity contribution in [1.82, 2.24) is 10.2 Å². The van der Waals surface area contributed by atoms with E-state index in [9.17, 15) is 14.0 Å². The maximum Gasteiger partial charge on any atom is 0.250 e. The highest BCUT2D eigenvalue weighted by Crippen LogP contribution is 2.59. The lowest BCUT2D eigenvalue weighted by molar-refractivity contribution is -0.151. The lowest BCUT2D eigenvalue weighted by atomic mass is 9.47. The van der Waals surface area contributed by atoms with Crippen molar-refractivity contribution in [1.29, 1.82) is 0 Å². The molecule has 4 saturated carbocycles. The Morgan fingerprint density at radius 1 is 1.26 bits per heavy atom.